The molecule has 2 heterocycles. The van der Waals surface area contributed by atoms with Crippen molar-refractivity contribution in [2.45, 2.75) is 31.5 Å². The molecule has 28 heavy (non-hydrogen) atoms. The SMILES string of the molecule is Cn1nc(C(F)(F)F)cc1-c1ccc(C(=O)NC2CCCc3ccccc32)s1. The van der Waals surface area contributed by atoms with Gasteiger partial charge in [0.15, 0.2) is 5.69 Å². The molecule has 1 aliphatic rings. The van der Waals surface area contributed by atoms with Gasteiger partial charge in [0.2, 0.25) is 0 Å². The lowest BCUT2D eigenvalue weighted by atomic mass is 9.88. The van der Waals surface area contributed by atoms with Gasteiger partial charge in [-0.05, 0) is 48.6 Å². The molecule has 0 saturated heterocycles. The molecule has 1 N–H and O–H groups in total. The van der Waals surface area contributed by atoms with Gasteiger partial charge in [-0.3, -0.25) is 9.48 Å². The van der Waals surface area contributed by atoms with E-state index in [1.54, 1.807) is 12.1 Å². The van der Waals surface area contributed by atoms with E-state index in [0.29, 0.717) is 15.4 Å². The molecule has 3 aromatic rings. The van der Waals surface area contributed by atoms with Crippen LogP contribution in [0, 0.1) is 0 Å². The second-order valence-corrected chi connectivity index (χ2v) is 7.90. The number of rotatable bonds is 3. The van der Waals surface area contributed by atoms with Crippen LogP contribution in [0.2, 0.25) is 0 Å². The van der Waals surface area contributed by atoms with Crippen LogP contribution < -0.4 is 5.32 Å². The lowest BCUT2D eigenvalue weighted by molar-refractivity contribution is -0.141. The van der Waals surface area contributed by atoms with Crippen LogP contribution in [0.5, 0.6) is 0 Å². The van der Waals surface area contributed by atoms with Gasteiger partial charge in [-0.25, -0.2) is 0 Å². The van der Waals surface area contributed by atoms with E-state index in [1.165, 1.54) is 17.3 Å². The number of hydrogen-bond acceptors (Lipinski definition) is 3. The fraction of sp³-hybridized carbons (Fsp3) is 0.300. The number of alkyl halides is 3. The highest BCUT2D eigenvalue weighted by molar-refractivity contribution is 7.17. The molecule has 0 bridgehead atoms. The van der Waals surface area contributed by atoms with Crippen molar-refractivity contribution < 1.29 is 18.0 Å². The van der Waals surface area contributed by atoms with Crippen molar-refractivity contribution in [3.63, 3.8) is 0 Å². The van der Waals surface area contributed by atoms with Gasteiger partial charge in [-0.1, -0.05) is 24.3 Å². The Morgan fingerprint density at radius 1 is 1.25 bits per heavy atom. The van der Waals surface area contributed by atoms with Crippen LogP contribution in [0.1, 0.15) is 45.4 Å². The molecule has 0 fully saturated rings. The van der Waals surface area contributed by atoms with Crippen molar-refractivity contribution in [2.75, 3.05) is 0 Å². The summed E-state index contributed by atoms with van der Waals surface area (Å²) < 4.78 is 39.8. The molecule has 0 saturated carbocycles. The summed E-state index contributed by atoms with van der Waals surface area (Å²) in [6, 6.07) is 12.3. The van der Waals surface area contributed by atoms with Gasteiger partial charge in [0.1, 0.15) is 0 Å². The summed E-state index contributed by atoms with van der Waals surface area (Å²) in [7, 11) is 1.46. The molecule has 1 amide bonds. The molecular formula is C20H18F3N3OS. The standard InChI is InChI=1S/C20H18F3N3OS/c1-26-15(11-18(25-26)20(21,22)23)16-9-10-17(28-16)19(27)24-14-8-4-6-12-5-2-3-7-13(12)14/h2-3,5,7,9-11,14H,4,6,8H2,1H3,(H,24,27). The zero-order chi connectivity index (χ0) is 19.9. The Balaban J connectivity index is 1.54. The van der Waals surface area contributed by atoms with Crippen LogP contribution in [0.4, 0.5) is 13.2 Å². The molecule has 146 valence electrons. The third-order valence-corrected chi connectivity index (χ3v) is 6.03. The predicted molar refractivity (Wildman–Crippen MR) is 101 cm³/mol. The van der Waals surface area contributed by atoms with Crippen molar-refractivity contribution in [1.29, 1.82) is 0 Å². The van der Waals surface area contributed by atoms with E-state index in [4.69, 9.17) is 0 Å². The lowest BCUT2D eigenvalue weighted by Gasteiger charge is -2.26. The van der Waals surface area contributed by atoms with E-state index in [1.807, 2.05) is 18.2 Å². The largest absolute Gasteiger partial charge is 0.435 e. The first-order chi connectivity index (χ1) is 13.3. The third-order valence-electron chi connectivity index (χ3n) is 4.93. The monoisotopic (exact) mass is 405 g/mol. The number of carbonyl (C=O) groups is 1. The molecule has 4 nitrogen and oxygen atoms in total. The van der Waals surface area contributed by atoms with Gasteiger partial charge in [0.25, 0.3) is 5.91 Å². The van der Waals surface area contributed by atoms with Crippen LogP contribution in [-0.2, 0) is 19.6 Å². The maximum Gasteiger partial charge on any atom is 0.435 e. The Kier molecular flexibility index (Phi) is 4.74. The molecule has 0 spiro atoms. The molecule has 1 aromatic carbocycles. The molecule has 0 aliphatic heterocycles. The first-order valence-corrected chi connectivity index (χ1v) is 9.74. The first kappa shape index (κ1) is 18.7. The molecule has 8 heteroatoms. The van der Waals surface area contributed by atoms with Gasteiger partial charge in [0, 0.05) is 7.05 Å². The Morgan fingerprint density at radius 3 is 2.79 bits per heavy atom. The minimum Gasteiger partial charge on any atom is -0.345 e. The number of amides is 1. The number of fused-ring (bicyclic) bond motifs is 1. The zero-order valence-corrected chi connectivity index (χ0v) is 15.9. The van der Waals surface area contributed by atoms with Gasteiger partial charge < -0.3 is 5.32 Å². The van der Waals surface area contributed by atoms with Gasteiger partial charge in [-0.2, -0.15) is 18.3 Å². The average Bonchev–Trinajstić information content (AvgIpc) is 3.28. The Bertz CT molecular complexity index is 1020. The maximum absolute atomic E-state index is 12.9. The topological polar surface area (TPSA) is 46.9 Å². The first-order valence-electron chi connectivity index (χ1n) is 8.93. The van der Waals surface area contributed by atoms with E-state index >= 15 is 0 Å². The minimum atomic E-state index is -4.50. The summed E-state index contributed by atoms with van der Waals surface area (Å²) in [4.78, 5) is 13.7. The van der Waals surface area contributed by atoms with Crippen LogP contribution in [0.25, 0.3) is 10.6 Å². The average molecular weight is 405 g/mol. The summed E-state index contributed by atoms with van der Waals surface area (Å²) in [5, 5.41) is 6.60. The van der Waals surface area contributed by atoms with E-state index in [-0.39, 0.29) is 11.9 Å². The van der Waals surface area contributed by atoms with E-state index < -0.39 is 11.9 Å². The fourth-order valence-corrected chi connectivity index (χ4v) is 4.52. The summed E-state index contributed by atoms with van der Waals surface area (Å²) in [6.07, 6.45) is -1.61. The minimum absolute atomic E-state index is 0.0449. The number of hydrogen-bond donors (Lipinski definition) is 1. The van der Waals surface area contributed by atoms with Crippen molar-refractivity contribution in [3.8, 4) is 10.6 Å². The van der Waals surface area contributed by atoms with Gasteiger partial charge >= 0.3 is 6.18 Å². The normalized spacial score (nSPS) is 16.6. The van der Waals surface area contributed by atoms with Crippen LogP contribution in [-0.4, -0.2) is 15.7 Å². The number of halogens is 3. The van der Waals surface area contributed by atoms with E-state index in [2.05, 4.69) is 16.5 Å². The summed E-state index contributed by atoms with van der Waals surface area (Å²) in [5.74, 6) is -0.212. The molecular weight excluding hydrogens is 387 g/mol. The van der Waals surface area contributed by atoms with E-state index in [0.717, 1.165) is 42.2 Å². The van der Waals surface area contributed by atoms with Crippen LogP contribution in [0.3, 0.4) is 0 Å². The molecule has 4 rings (SSSR count). The van der Waals surface area contributed by atoms with Crippen LogP contribution >= 0.6 is 11.3 Å². The predicted octanol–water partition coefficient (Wildman–Crippen LogP) is 4.97. The van der Waals surface area contributed by atoms with Crippen molar-refractivity contribution in [3.05, 3.63) is 64.2 Å². The number of carbonyl (C=O) groups excluding carboxylic acids is 1. The molecule has 1 aliphatic carbocycles. The lowest BCUT2D eigenvalue weighted by Crippen LogP contribution is -2.30. The van der Waals surface area contributed by atoms with Gasteiger partial charge in [0.05, 0.1) is 21.5 Å². The molecule has 2 aromatic heterocycles. The molecule has 1 atom stereocenters. The van der Waals surface area contributed by atoms with Crippen molar-refractivity contribution in [2.24, 2.45) is 7.05 Å². The Labute approximate surface area is 164 Å². The summed E-state index contributed by atoms with van der Waals surface area (Å²) in [6.45, 7) is 0. The van der Waals surface area contributed by atoms with E-state index in [9.17, 15) is 18.0 Å². The fourth-order valence-electron chi connectivity index (χ4n) is 3.57. The Morgan fingerprint density at radius 2 is 2.04 bits per heavy atom. The van der Waals surface area contributed by atoms with Gasteiger partial charge in [-0.15, -0.1) is 11.3 Å². The highest BCUT2D eigenvalue weighted by atomic mass is 32.1. The number of aromatic nitrogens is 2. The number of thiophene rings is 1. The smallest absolute Gasteiger partial charge is 0.345 e. The third kappa shape index (κ3) is 3.56. The number of aryl methyl sites for hydroxylation is 2. The molecule has 0 radical (unpaired) electrons. The highest BCUT2D eigenvalue weighted by Crippen LogP contribution is 2.35. The number of nitrogens with zero attached hydrogens (tertiary/aromatic N) is 2. The number of nitrogens with one attached hydrogen (secondary N) is 1. The van der Waals surface area contributed by atoms with Crippen molar-refractivity contribution >= 4 is 17.2 Å². The second kappa shape index (κ2) is 7.09. The second-order valence-electron chi connectivity index (χ2n) is 6.82. The van der Waals surface area contributed by atoms with Crippen molar-refractivity contribution in [1.82, 2.24) is 15.1 Å². The molecule has 1 unspecified atom stereocenters. The van der Waals surface area contributed by atoms with Crippen LogP contribution in [0.15, 0.2) is 42.5 Å². The Hall–Kier alpha value is -2.61. The quantitative estimate of drug-likeness (QED) is 0.668. The maximum atomic E-state index is 12.9. The summed E-state index contributed by atoms with van der Waals surface area (Å²) >= 11 is 1.16. The highest BCUT2D eigenvalue weighted by Gasteiger charge is 2.35. The summed E-state index contributed by atoms with van der Waals surface area (Å²) in [5.41, 5.74) is 1.78. The number of benzene rings is 1. The zero-order valence-electron chi connectivity index (χ0n) is 15.1.